The van der Waals surface area contributed by atoms with Gasteiger partial charge < -0.3 is 29.0 Å². The number of piperazine rings is 1. The molecule has 12 heteroatoms. The third-order valence-electron chi connectivity index (χ3n) is 7.61. The Bertz CT molecular complexity index is 1710. The van der Waals surface area contributed by atoms with Crippen molar-refractivity contribution in [3.8, 4) is 11.5 Å². The molecular formula is C32H31ClF2N4O5. The molecule has 3 heterocycles. The van der Waals surface area contributed by atoms with E-state index >= 15 is 0 Å². The minimum Gasteiger partial charge on any atom is -0.494 e. The minimum atomic E-state index is -1.16. The lowest BCUT2D eigenvalue weighted by atomic mass is 10.0. The summed E-state index contributed by atoms with van der Waals surface area (Å²) in [7, 11) is 2.40. The number of benzene rings is 2. The highest BCUT2D eigenvalue weighted by molar-refractivity contribution is 6.27. The number of pyridine rings is 1. The number of furan rings is 1. The number of hydrogen-bond donors (Lipinski definition) is 1. The Balaban J connectivity index is 1.44. The zero-order valence-corrected chi connectivity index (χ0v) is 25.2. The number of hydrogen-bond acceptors (Lipinski definition) is 8. The molecule has 1 aliphatic rings. The summed E-state index contributed by atoms with van der Waals surface area (Å²) in [5.41, 5.74) is 3.58. The van der Waals surface area contributed by atoms with Gasteiger partial charge in [-0.25, -0.2) is 8.78 Å². The number of fused-ring (bicyclic) bond motifs is 1. The Labute approximate surface area is 258 Å². The molecule has 1 amide bonds. The van der Waals surface area contributed by atoms with E-state index in [9.17, 15) is 18.4 Å². The second-order valence-electron chi connectivity index (χ2n) is 10.2. The van der Waals surface area contributed by atoms with Crippen molar-refractivity contribution in [3.63, 3.8) is 0 Å². The Morgan fingerprint density at radius 1 is 1.05 bits per heavy atom. The lowest BCUT2D eigenvalue weighted by molar-refractivity contribution is -0.111. The highest BCUT2D eigenvalue weighted by Crippen LogP contribution is 2.34. The molecule has 1 aliphatic heterocycles. The number of carbonyl (C=O) groups is 2. The monoisotopic (exact) mass is 624 g/mol. The minimum absolute atomic E-state index is 0.259. The number of nitrogens with one attached hydrogen (secondary N) is 1. The number of ketones is 1. The van der Waals surface area contributed by atoms with Gasteiger partial charge in [0.25, 0.3) is 0 Å². The molecule has 4 aromatic rings. The molecule has 1 fully saturated rings. The number of nitrogens with zero attached hydrogens (tertiary/aromatic N) is 3. The molecule has 44 heavy (non-hydrogen) atoms. The van der Waals surface area contributed by atoms with Crippen molar-refractivity contribution in [1.82, 2.24) is 9.88 Å². The van der Waals surface area contributed by atoms with Crippen LogP contribution in [0.3, 0.4) is 0 Å². The van der Waals surface area contributed by atoms with Gasteiger partial charge in [0.1, 0.15) is 5.56 Å². The molecule has 0 unspecified atom stereocenters. The predicted octanol–water partition coefficient (Wildman–Crippen LogP) is 5.78. The summed E-state index contributed by atoms with van der Waals surface area (Å²) in [5.74, 6) is -4.67. The first kappa shape index (κ1) is 31.0. The van der Waals surface area contributed by atoms with Gasteiger partial charge in [0.15, 0.2) is 34.5 Å². The fraction of sp³-hybridized carbons (Fsp3) is 0.281. The average molecular weight is 625 g/mol. The number of halogens is 3. The number of amides is 1. The van der Waals surface area contributed by atoms with E-state index in [0.29, 0.717) is 23.2 Å². The quantitative estimate of drug-likeness (QED) is 0.175. The van der Waals surface area contributed by atoms with Crippen molar-refractivity contribution < 1.29 is 32.3 Å². The van der Waals surface area contributed by atoms with Gasteiger partial charge in [-0.3, -0.25) is 14.6 Å². The average Bonchev–Trinajstić information content (AvgIpc) is 3.46. The van der Waals surface area contributed by atoms with Crippen molar-refractivity contribution in [3.05, 3.63) is 88.4 Å². The first-order chi connectivity index (χ1) is 21.3. The lowest BCUT2D eigenvalue weighted by Crippen LogP contribution is -2.46. The third-order valence-corrected chi connectivity index (χ3v) is 7.73. The van der Waals surface area contributed by atoms with E-state index < -0.39 is 23.0 Å². The molecule has 0 bridgehead atoms. The van der Waals surface area contributed by atoms with Crippen LogP contribution in [0.5, 0.6) is 11.5 Å². The highest BCUT2D eigenvalue weighted by Gasteiger charge is 2.28. The first-order valence-electron chi connectivity index (χ1n) is 14.0. The Morgan fingerprint density at radius 2 is 1.75 bits per heavy atom. The largest absolute Gasteiger partial charge is 0.494 e. The Morgan fingerprint density at radius 3 is 2.39 bits per heavy atom. The van der Waals surface area contributed by atoms with Crippen LogP contribution in [-0.4, -0.2) is 68.5 Å². The molecule has 9 nitrogen and oxygen atoms in total. The summed E-state index contributed by atoms with van der Waals surface area (Å²) in [5, 5.41) is 3.41. The van der Waals surface area contributed by atoms with Crippen molar-refractivity contribution in [1.29, 1.82) is 0 Å². The van der Waals surface area contributed by atoms with Gasteiger partial charge in [-0.1, -0.05) is 24.6 Å². The molecule has 0 radical (unpaired) electrons. The second kappa shape index (κ2) is 13.4. The zero-order valence-electron chi connectivity index (χ0n) is 24.5. The van der Waals surface area contributed by atoms with E-state index in [4.69, 9.17) is 25.5 Å². The van der Waals surface area contributed by atoms with Crippen LogP contribution in [-0.2, 0) is 11.2 Å². The molecule has 0 saturated carbocycles. The van der Waals surface area contributed by atoms with Crippen LogP contribution in [0.25, 0.3) is 11.0 Å². The van der Waals surface area contributed by atoms with Gasteiger partial charge in [-0.15, -0.1) is 0 Å². The Hall–Kier alpha value is -4.48. The van der Waals surface area contributed by atoms with Crippen LogP contribution >= 0.6 is 11.6 Å². The van der Waals surface area contributed by atoms with Crippen LogP contribution < -0.4 is 19.7 Å². The van der Waals surface area contributed by atoms with Crippen LogP contribution in [0.1, 0.15) is 34.3 Å². The van der Waals surface area contributed by atoms with Crippen molar-refractivity contribution in [2.75, 3.05) is 57.2 Å². The number of ether oxygens (including phenoxy) is 2. The van der Waals surface area contributed by atoms with E-state index in [-0.39, 0.29) is 28.7 Å². The van der Waals surface area contributed by atoms with Gasteiger partial charge >= 0.3 is 0 Å². The maximum Gasteiger partial charge on any atom is 0.249 e. The second-order valence-corrected chi connectivity index (χ2v) is 10.4. The number of carbonyl (C=O) groups excluding carboxylic acids is 2. The normalized spacial score (nSPS) is 13.9. The van der Waals surface area contributed by atoms with E-state index in [1.54, 1.807) is 6.07 Å². The molecule has 0 spiro atoms. The molecule has 2 aromatic heterocycles. The molecule has 1 saturated heterocycles. The van der Waals surface area contributed by atoms with Gasteiger partial charge in [0.2, 0.25) is 11.7 Å². The van der Waals surface area contributed by atoms with Gasteiger partial charge in [-0.2, -0.15) is 0 Å². The summed E-state index contributed by atoms with van der Waals surface area (Å²) < 4.78 is 45.4. The zero-order chi connectivity index (χ0) is 31.4. The van der Waals surface area contributed by atoms with E-state index in [0.717, 1.165) is 55.6 Å². The number of aromatic nitrogens is 1. The Kier molecular flexibility index (Phi) is 9.46. The lowest BCUT2D eigenvalue weighted by Gasteiger charge is -2.35. The third kappa shape index (κ3) is 6.39. The fourth-order valence-electron chi connectivity index (χ4n) is 5.19. The molecule has 1 N–H and O–H groups in total. The maximum atomic E-state index is 15.0. The summed E-state index contributed by atoms with van der Waals surface area (Å²) in [4.78, 5) is 34.8. The molecule has 2 aromatic carbocycles. The smallest absolute Gasteiger partial charge is 0.249 e. The maximum absolute atomic E-state index is 15.0. The predicted molar refractivity (Wildman–Crippen MR) is 164 cm³/mol. The molecule has 0 atom stereocenters. The van der Waals surface area contributed by atoms with Gasteiger partial charge in [0, 0.05) is 72.7 Å². The molecule has 230 valence electrons. The number of methoxy groups -OCH3 is 2. The summed E-state index contributed by atoms with van der Waals surface area (Å²) in [6.45, 7) is 6.81. The standard InChI is InChI=1S/C32H31ClF2N4O5/c1-4-38-9-11-39(12-10-38)22-6-5-19(23(16-22)37-28(40)7-8-33)13-21-14-20-15-26(44-27(20)18-36-21)32(41)29-30(34)24(42-2)17-25(43-3)31(29)35/h5-8,14-18H,4,9-13H2,1-3H3,(H,37,40)/b8-7-. The van der Waals surface area contributed by atoms with Crippen molar-refractivity contribution >= 4 is 45.6 Å². The van der Waals surface area contributed by atoms with E-state index in [2.05, 4.69) is 27.0 Å². The topological polar surface area (TPSA) is 97.1 Å². The van der Waals surface area contributed by atoms with Crippen molar-refractivity contribution in [2.24, 2.45) is 0 Å². The van der Waals surface area contributed by atoms with Crippen LogP contribution in [0, 0.1) is 11.6 Å². The molecular weight excluding hydrogens is 594 g/mol. The summed E-state index contributed by atoms with van der Waals surface area (Å²) in [6, 6.07) is 10.0. The SMILES string of the molecule is CCN1CCN(c2ccc(Cc3cc4cc(C(=O)c5c(F)c(OC)cc(OC)c5F)oc4cn3)c(NC(=O)/C=C\Cl)c2)CC1. The van der Waals surface area contributed by atoms with E-state index in [1.165, 1.54) is 32.6 Å². The van der Waals surface area contributed by atoms with Gasteiger partial charge in [0.05, 0.1) is 20.4 Å². The van der Waals surface area contributed by atoms with Crippen molar-refractivity contribution in [2.45, 2.75) is 13.3 Å². The summed E-state index contributed by atoms with van der Waals surface area (Å²) in [6.07, 6.45) is 3.01. The number of likely N-dealkylation sites (N-methyl/N-ethyl adjacent to an activating group) is 1. The van der Waals surface area contributed by atoms with Crippen LogP contribution in [0.2, 0.25) is 0 Å². The van der Waals surface area contributed by atoms with E-state index in [1.807, 2.05) is 18.2 Å². The molecule has 5 rings (SSSR count). The van der Waals surface area contributed by atoms with Crippen LogP contribution in [0.4, 0.5) is 20.2 Å². The van der Waals surface area contributed by atoms with Crippen LogP contribution in [0.15, 0.2) is 58.6 Å². The van der Waals surface area contributed by atoms with Gasteiger partial charge in [-0.05, 0) is 36.4 Å². The highest BCUT2D eigenvalue weighted by atomic mass is 35.5. The first-order valence-corrected chi connectivity index (χ1v) is 14.4. The number of rotatable bonds is 10. The molecule has 0 aliphatic carbocycles. The number of anilines is 2. The summed E-state index contributed by atoms with van der Waals surface area (Å²) >= 11 is 5.63. The fourth-order valence-corrected chi connectivity index (χ4v) is 5.30.